The average molecular weight is 389 g/mol. The van der Waals surface area contributed by atoms with Gasteiger partial charge in [-0.05, 0) is 30.4 Å². The van der Waals surface area contributed by atoms with Crippen molar-refractivity contribution in [3.05, 3.63) is 17.3 Å². The van der Waals surface area contributed by atoms with Gasteiger partial charge in [-0.15, -0.1) is 10.2 Å². The molecule has 3 heterocycles. The Bertz CT molecular complexity index is 706. The predicted molar refractivity (Wildman–Crippen MR) is 93.9 cm³/mol. The van der Waals surface area contributed by atoms with Crippen LogP contribution in [-0.2, 0) is 0 Å². The van der Waals surface area contributed by atoms with E-state index >= 15 is 0 Å². The van der Waals surface area contributed by atoms with E-state index in [1.807, 2.05) is 20.8 Å². The van der Waals surface area contributed by atoms with Crippen molar-refractivity contribution in [2.75, 3.05) is 11.9 Å². The summed E-state index contributed by atoms with van der Waals surface area (Å²) in [4.78, 5) is 14.7. The summed E-state index contributed by atoms with van der Waals surface area (Å²) < 4.78 is 29.6. The molecule has 1 N–H and O–H groups in total. The Labute approximate surface area is 156 Å². The van der Waals surface area contributed by atoms with Crippen LogP contribution in [0.1, 0.15) is 40.0 Å². The van der Waals surface area contributed by atoms with Crippen molar-refractivity contribution in [1.82, 2.24) is 15.1 Å². The van der Waals surface area contributed by atoms with Crippen LogP contribution >= 0.6 is 11.6 Å². The largest absolute Gasteiger partial charge is 0.465 e. The maximum Gasteiger partial charge on any atom is 0.408 e. The van der Waals surface area contributed by atoms with E-state index in [1.54, 1.807) is 24.1 Å². The molecule has 2 aliphatic rings. The quantitative estimate of drug-likeness (QED) is 0.832. The van der Waals surface area contributed by atoms with Gasteiger partial charge in [0, 0.05) is 19.5 Å². The molecule has 0 saturated carbocycles. The van der Waals surface area contributed by atoms with Crippen LogP contribution in [0.3, 0.4) is 0 Å². The first kappa shape index (κ1) is 19.1. The highest BCUT2D eigenvalue weighted by Gasteiger charge is 2.70. The standard InChI is InChI=1S/C17H23ClF2N4O2/c1-15(2,3)16-8-10(23(4)13-6-5-12(18)21-22-13)7-11(17(19,20)9-16)24(16)14(25)26/h5-6,10-11H,7-9H2,1-4H3,(H,25,26)/t10-,11-,16+/m1/s1. The molecule has 1 aromatic rings. The van der Waals surface area contributed by atoms with E-state index in [4.69, 9.17) is 11.6 Å². The van der Waals surface area contributed by atoms with Gasteiger partial charge in [0.05, 0.1) is 5.54 Å². The summed E-state index contributed by atoms with van der Waals surface area (Å²) in [6.07, 6.45) is -1.40. The molecule has 0 aromatic carbocycles. The van der Waals surface area contributed by atoms with Crippen LogP contribution in [0.25, 0.3) is 0 Å². The first-order valence-corrected chi connectivity index (χ1v) is 8.89. The lowest BCUT2D eigenvalue weighted by Gasteiger charge is -2.53. The van der Waals surface area contributed by atoms with Gasteiger partial charge in [-0.1, -0.05) is 32.4 Å². The van der Waals surface area contributed by atoms with Crippen molar-refractivity contribution < 1.29 is 18.7 Å². The monoisotopic (exact) mass is 388 g/mol. The molecule has 3 rings (SSSR count). The van der Waals surface area contributed by atoms with Crippen molar-refractivity contribution in [3.8, 4) is 0 Å². The minimum Gasteiger partial charge on any atom is -0.465 e. The van der Waals surface area contributed by atoms with Gasteiger partial charge in [0.25, 0.3) is 5.92 Å². The number of halogens is 3. The fourth-order valence-electron chi connectivity index (χ4n) is 4.49. The summed E-state index contributed by atoms with van der Waals surface area (Å²) in [6, 6.07) is 1.65. The third kappa shape index (κ3) is 2.78. The fraction of sp³-hybridized carbons (Fsp3) is 0.706. The lowest BCUT2D eigenvalue weighted by atomic mass is 9.67. The second-order valence-electron chi connectivity index (χ2n) is 8.31. The molecule has 0 spiro atoms. The van der Waals surface area contributed by atoms with E-state index in [9.17, 15) is 18.7 Å². The van der Waals surface area contributed by atoms with Crippen LogP contribution in [0.5, 0.6) is 0 Å². The lowest BCUT2D eigenvalue weighted by Crippen LogP contribution is -2.64. The van der Waals surface area contributed by atoms with Gasteiger partial charge in [-0.2, -0.15) is 0 Å². The van der Waals surface area contributed by atoms with Crippen molar-refractivity contribution in [2.24, 2.45) is 5.41 Å². The van der Waals surface area contributed by atoms with E-state index in [1.165, 1.54) is 0 Å². The fourth-order valence-corrected chi connectivity index (χ4v) is 4.59. The number of alkyl halides is 2. The molecule has 9 heteroatoms. The molecule has 1 aromatic heterocycles. The molecule has 0 radical (unpaired) electrons. The Morgan fingerprint density at radius 1 is 1.38 bits per heavy atom. The Balaban J connectivity index is 2.01. The van der Waals surface area contributed by atoms with Crippen LogP contribution in [0.4, 0.5) is 19.4 Å². The minimum atomic E-state index is -3.06. The molecule has 2 saturated heterocycles. The normalized spacial score (nSPS) is 30.3. The summed E-state index contributed by atoms with van der Waals surface area (Å²) in [5.41, 5.74) is -1.79. The van der Waals surface area contributed by atoms with Crippen LogP contribution in [-0.4, -0.2) is 56.9 Å². The number of nitrogens with zero attached hydrogens (tertiary/aromatic N) is 4. The number of piperidine rings is 1. The lowest BCUT2D eigenvalue weighted by molar-refractivity contribution is -0.0462. The van der Waals surface area contributed by atoms with E-state index < -0.39 is 35.4 Å². The zero-order chi connectivity index (χ0) is 19.5. The average Bonchev–Trinajstić information content (AvgIpc) is 2.67. The van der Waals surface area contributed by atoms with E-state index in [0.29, 0.717) is 12.2 Å². The second-order valence-corrected chi connectivity index (χ2v) is 8.69. The van der Waals surface area contributed by atoms with Crippen molar-refractivity contribution in [3.63, 3.8) is 0 Å². The van der Waals surface area contributed by atoms with E-state index in [2.05, 4.69) is 10.2 Å². The first-order valence-electron chi connectivity index (χ1n) is 8.51. The SMILES string of the molecule is CN(c1ccc(Cl)nn1)[C@@H]1C[C@H]2N(C(=O)O)[C@@](C(C)(C)C)(C1)CC2(F)F. The maximum atomic E-state index is 14.8. The van der Waals surface area contributed by atoms with Gasteiger partial charge in [0.1, 0.15) is 6.04 Å². The third-order valence-corrected chi connectivity index (χ3v) is 6.19. The number of anilines is 1. The topological polar surface area (TPSA) is 69.6 Å². The van der Waals surface area contributed by atoms with Gasteiger partial charge in [0.2, 0.25) is 0 Å². The molecule has 2 bridgehead atoms. The number of carboxylic acid groups (broad SMARTS) is 1. The maximum absolute atomic E-state index is 14.8. The number of hydrogen-bond acceptors (Lipinski definition) is 4. The molecule has 2 fully saturated rings. The number of amides is 1. The Hall–Kier alpha value is -1.70. The molecule has 0 aliphatic carbocycles. The van der Waals surface area contributed by atoms with Crippen LogP contribution < -0.4 is 4.90 Å². The molecule has 6 nitrogen and oxygen atoms in total. The number of fused-ring (bicyclic) bond motifs is 2. The molecular weight excluding hydrogens is 366 g/mol. The Kier molecular flexibility index (Phi) is 4.33. The minimum absolute atomic E-state index is 0.0396. The van der Waals surface area contributed by atoms with Gasteiger partial charge in [-0.25, -0.2) is 13.6 Å². The summed E-state index contributed by atoms with van der Waals surface area (Å²) in [6.45, 7) is 5.48. The van der Waals surface area contributed by atoms with Crippen molar-refractivity contribution >= 4 is 23.5 Å². The highest BCUT2D eigenvalue weighted by Crippen LogP contribution is 2.59. The van der Waals surface area contributed by atoms with Gasteiger partial charge < -0.3 is 10.0 Å². The van der Waals surface area contributed by atoms with Crippen LogP contribution in [0, 0.1) is 5.41 Å². The molecule has 0 unspecified atom stereocenters. The summed E-state index contributed by atoms with van der Waals surface area (Å²) in [5.74, 6) is -2.54. The highest BCUT2D eigenvalue weighted by molar-refractivity contribution is 6.29. The number of carbonyl (C=O) groups is 1. The summed E-state index contributed by atoms with van der Waals surface area (Å²) in [7, 11) is 1.77. The van der Waals surface area contributed by atoms with Gasteiger partial charge >= 0.3 is 6.09 Å². The zero-order valence-electron chi connectivity index (χ0n) is 15.2. The Morgan fingerprint density at radius 3 is 2.54 bits per heavy atom. The Morgan fingerprint density at radius 2 is 2.04 bits per heavy atom. The highest BCUT2D eigenvalue weighted by atomic mass is 35.5. The zero-order valence-corrected chi connectivity index (χ0v) is 16.0. The smallest absolute Gasteiger partial charge is 0.408 e. The second kappa shape index (κ2) is 5.90. The molecule has 3 atom stereocenters. The molecule has 26 heavy (non-hydrogen) atoms. The molecule has 1 amide bonds. The van der Waals surface area contributed by atoms with Crippen LogP contribution in [0.2, 0.25) is 5.15 Å². The molecule has 2 aliphatic heterocycles. The number of aromatic nitrogens is 2. The van der Waals surface area contributed by atoms with Crippen molar-refractivity contribution in [2.45, 2.75) is 63.6 Å². The first-order chi connectivity index (χ1) is 11.9. The number of hydrogen-bond donors (Lipinski definition) is 1. The van der Waals surface area contributed by atoms with E-state index in [-0.39, 0.29) is 17.6 Å². The molecular formula is C17H23ClF2N4O2. The van der Waals surface area contributed by atoms with Gasteiger partial charge in [-0.3, -0.25) is 4.90 Å². The predicted octanol–water partition coefficient (Wildman–Crippen LogP) is 3.90. The van der Waals surface area contributed by atoms with Gasteiger partial charge in [0.15, 0.2) is 11.0 Å². The van der Waals surface area contributed by atoms with E-state index in [0.717, 1.165) is 4.90 Å². The number of rotatable bonds is 2. The van der Waals surface area contributed by atoms with Crippen LogP contribution in [0.15, 0.2) is 12.1 Å². The third-order valence-electron chi connectivity index (χ3n) is 5.99. The van der Waals surface area contributed by atoms with Crippen molar-refractivity contribution in [1.29, 1.82) is 0 Å². The summed E-state index contributed by atoms with van der Waals surface area (Å²) in [5, 5.41) is 17.8. The summed E-state index contributed by atoms with van der Waals surface area (Å²) >= 11 is 5.77. The molecule has 144 valence electrons.